The van der Waals surface area contributed by atoms with Crippen LogP contribution in [0.25, 0.3) is 0 Å². The maximum atomic E-state index is 9.87. The number of aliphatic hydroxyl groups excluding tert-OH is 1. The van der Waals surface area contributed by atoms with Crippen molar-refractivity contribution in [2.75, 3.05) is 33.2 Å². The molecule has 1 fully saturated rings. The average Bonchev–Trinajstić information content (AvgIpc) is 2.82. The van der Waals surface area contributed by atoms with E-state index in [1.54, 1.807) is 10.9 Å². The van der Waals surface area contributed by atoms with Gasteiger partial charge >= 0.3 is 0 Å². The molecule has 0 amide bonds. The highest BCUT2D eigenvalue weighted by Gasteiger charge is 2.16. The third-order valence-corrected chi connectivity index (χ3v) is 3.49. The summed E-state index contributed by atoms with van der Waals surface area (Å²) in [5.41, 5.74) is 0. The molecule has 1 aromatic rings. The minimum absolute atomic E-state index is 0.369. The Hall–Kier alpha value is -0.910. The second kappa shape index (κ2) is 6.87. The molecular weight excluding hydrogens is 228 g/mol. The van der Waals surface area contributed by atoms with Crippen molar-refractivity contribution >= 4 is 0 Å². The van der Waals surface area contributed by atoms with Crippen molar-refractivity contribution in [3.8, 4) is 0 Å². The van der Waals surface area contributed by atoms with Gasteiger partial charge in [0.05, 0.1) is 12.6 Å². The number of aromatic nitrogens is 2. The van der Waals surface area contributed by atoms with Crippen LogP contribution in [-0.4, -0.2) is 59.1 Å². The zero-order valence-corrected chi connectivity index (χ0v) is 11.1. The van der Waals surface area contributed by atoms with Crippen molar-refractivity contribution in [3.05, 3.63) is 18.5 Å². The summed E-state index contributed by atoms with van der Waals surface area (Å²) in [5, 5.41) is 17.3. The van der Waals surface area contributed by atoms with E-state index in [0.29, 0.717) is 13.1 Å². The quantitative estimate of drug-likeness (QED) is 0.758. The molecule has 5 heteroatoms. The number of rotatable bonds is 6. The fraction of sp³-hybridized carbons (Fsp3) is 0.769. The highest BCUT2D eigenvalue weighted by atomic mass is 16.3. The summed E-state index contributed by atoms with van der Waals surface area (Å²) in [6.45, 7) is 4.59. The third kappa shape index (κ3) is 4.40. The maximum Gasteiger partial charge on any atom is 0.0860 e. The Morgan fingerprint density at radius 3 is 3.17 bits per heavy atom. The lowest BCUT2D eigenvalue weighted by molar-refractivity contribution is 0.140. The molecular formula is C13H24N4O. The van der Waals surface area contributed by atoms with Crippen LogP contribution in [0.1, 0.15) is 12.8 Å². The third-order valence-electron chi connectivity index (χ3n) is 3.49. The van der Waals surface area contributed by atoms with Gasteiger partial charge in [-0.3, -0.25) is 4.68 Å². The molecule has 0 saturated carbocycles. The lowest BCUT2D eigenvalue weighted by atomic mass is 9.98. The van der Waals surface area contributed by atoms with Crippen LogP contribution >= 0.6 is 0 Å². The van der Waals surface area contributed by atoms with E-state index in [0.717, 1.165) is 12.5 Å². The molecule has 0 bridgehead atoms. The Kier molecular flexibility index (Phi) is 5.16. The number of likely N-dealkylation sites (tertiary alicyclic amines) is 1. The van der Waals surface area contributed by atoms with Crippen molar-refractivity contribution < 1.29 is 5.11 Å². The van der Waals surface area contributed by atoms with Crippen LogP contribution in [-0.2, 0) is 6.54 Å². The fourth-order valence-corrected chi connectivity index (χ4v) is 2.58. The molecule has 1 aliphatic heterocycles. The van der Waals surface area contributed by atoms with Crippen LogP contribution in [0.15, 0.2) is 18.5 Å². The number of nitrogens with one attached hydrogen (secondary N) is 1. The first-order valence-corrected chi connectivity index (χ1v) is 6.79. The van der Waals surface area contributed by atoms with Crippen LogP contribution in [0.2, 0.25) is 0 Å². The molecule has 2 unspecified atom stereocenters. The van der Waals surface area contributed by atoms with E-state index in [2.05, 4.69) is 22.4 Å². The summed E-state index contributed by atoms with van der Waals surface area (Å²) in [6, 6.07) is 1.87. The molecule has 2 rings (SSSR count). The van der Waals surface area contributed by atoms with Crippen molar-refractivity contribution in [3.63, 3.8) is 0 Å². The summed E-state index contributed by atoms with van der Waals surface area (Å²) in [6.07, 6.45) is 5.83. The van der Waals surface area contributed by atoms with E-state index in [9.17, 15) is 5.11 Å². The first-order chi connectivity index (χ1) is 8.74. The van der Waals surface area contributed by atoms with Gasteiger partial charge in [0.15, 0.2) is 0 Å². The van der Waals surface area contributed by atoms with Crippen molar-refractivity contribution in [2.45, 2.75) is 25.5 Å². The smallest absolute Gasteiger partial charge is 0.0860 e. The fourth-order valence-electron chi connectivity index (χ4n) is 2.58. The highest BCUT2D eigenvalue weighted by Crippen LogP contribution is 2.13. The second-order valence-electron chi connectivity index (χ2n) is 5.31. The predicted molar refractivity (Wildman–Crippen MR) is 71.3 cm³/mol. The number of hydrogen-bond acceptors (Lipinski definition) is 4. The molecule has 18 heavy (non-hydrogen) atoms. The van der Waals surface area contributed by atoms with Crippen LogP contribution in [0.4, 0.5) is 0 Å². The predicted octanol–water partition coefficient (Wildman–Crippen LogP) is 0.175. The first kappa shape index (κ1) is 13.5. The Labute approximate surface area is 109 Å². The largest absolute Gasteiger partial charge is 0.390 e. The number of nitrogens with zero attached hydrogens (tertiary/aromatic N) is 3. The first-order valence-electron chi connectivity index (χ1n) is 6.79. The van der Waals surface area contributed by atoms with Gasteiger partial charge in [0.2, 0.25) is 0 Å². The van der Waals surface area contributed by atoms with Gasteiger partial charge < -0.3 is 15.3 Å². The molecule has 102 valence electrons. The normalized spacial score (nSPS) is 23.1. The number of piperidine rings is 1. The molecule has 2 N–H and O–H groups in total. The van der Waals surface area contributed by atoms with E-state index >= 15 is 0 Å². The van der Waals surface area contributed by atoms with Crippen molar-refractivity contribution in [1.82, 2.24) is 20.0 Å². The van der Waals surface area contributed by atoms with E-state index in [1.807, 2.05) is 12.3 Å². The maximum absolute atomic E-state index is 9.87. The monoisotopic (exact) mass is 252 g/mol. The average molecular weight is 252 g/mol. The van der Waals surface area contributed by atoms with Gasteiger partial charge in [-0.1, -0.05) is 0 Å². The minimum Gasteiger partial charge on any atom is -0.390 e. The molecule has 2 atom stereocenters. The van der Waals surface area contributed by atoms with Gasteiger partial charge in [-0.25, -0.2) is 0 Å². The van der Waals surface area contributed by atoms with Crippen molar-refractivity contribution in [2.24, 2.45) is 5.92 Å². The Morgan fingerprint density at radius 2 is 2.44 bits per heavy atom. The minimum atomic E-state index is -0.369. The lowest BCUT2D eigenvalue weighted by Gasteiger charge is -2.30. The van der Waals surface area contributed by atoms with E-state index in [-0.39, 0.29) is 6.10 Å². The summed E-state index contributed by atoms with van der Waals surface area (Å²) in [7, 11) is 2.18. The molecule has 0 spiro atoms. The van der Waals surface area contributed by atoms with Crippen LogP contribution in [0, 0.1) is 5.92 Å². The summed E-state index contributed by atoms with van der Waals surface area (Å²) in [5.74, 6) is 0.723. The number of hydrogen-bond donors (Lipinski definition) is 2. The second-order valence-corrected chi connectivity index (χ2v) is 5.31. The molecule has 1 aromatic heterocycles. The van der Waals surface area contributed by atoms with Crippen LogP contribution in [0.5, 0.6) is 0 Å². The van der Waals surface area contributed by atoms with Gasteiger partial charge in [-0.2, -0.15) is 5.10 Å². The molecule has 5 nitrogen and oxygen atoms in total. The Bertz CT molecular complexity index is 328. The molecule has 0 aromatic carbocycles. The topological polar surface area (TPSA) is 53.3 Å². The van der Waals surface area contributed by atoms with Crippen molar-refractivity contribution in [1.29, 1.82) is 0 Å². The van der Waals surface area contributed by atoms with Gasteiger partial charge in [0, 0.05) is 25.5 Å². The zero-order chi connectivity index (χ0) is 12.8. The SMILES string of the molecule is CN1CCCC(CNCC(O)Cn2cccn2)C1. The molecule has 0 aliphatic carbocycles. The van der Waals surface area contributed by atoms with Gasteiger partial charge in [0.25, 0.3) is 0 Å². The molecule has 1 saturated heterocycles. The molecule has 2 heterocycles. The highest BCUT2D eigenvalue weighted by molar-refractivity contribution is 4.79. The van der Waals surface area contributed by atoms with E-state index in [1.165, 1.54) is 25.9 Å². The van der Waals surface area contributed by atoms with Crippen LogP contribution in [0.3, 0.4) is 0 Å². The van der Waals surface area contributed by atoms with Gasteiger partial charge in [-0.05, 0) is 45.0 Å². The standard InChI is InChI=1S/C13H24N4O/c1-16-6-2-4-12(10-16)8-14-9-13(18)11-17-7-3-5-15-17/h3,5,7,12-14,18H,2,4,6,8-11H2,1H3. The van der Waals surface area contributed by atoms with Gasteiger partial charge in [-0.15, -0.1) is 0 Å². The van der Waals surface area contributed by atoms with Crippen LogP contribution < -0.4 is 5.32 Å². The van der Waals surface area contributed by atoms with Gasteiger partial charge in [0.1, 0.15) is 0 Å². The summed E-state index contributed by atoms with van der Waals surface area (Å²) in [4.78, 5) is 2.38. The molecule has 0 radical (unpaired) electrons. The summed E-state index contributed by atoms with van der Waals surface area (Å²) < 4.78 is 1.76. The lowest BCUT2D eigenvalue weighted by Crippen LogP contribution is -2.39. The zero-order valence-electron chi connectivity index (χ0n) is 11.1. The summed E-state index contributed by atoms with van der Waals surface area (Å²) >= 11 is 0. The Balaban J connectivity index is 1.59. The molecule has 1 aliphatic rings. The number of aliphatic hydroxyl groups is 1. The van der Waals surface area contributed by atoms with E-state index < -0.39 is 0 Å². The van der Waals surface area contributed by atoms with E-state index in [4.69, 9.17) is 0 Å². The Morgan fingerprint density at radius 1 is 1.56 bits per heavy atom.